The lowest BCUT2D eigenvalue weighted by atomic mass is 10.2. The van der Waals surface area contributed by atoms with Crippen molar-refractivity contribution < 1.29 is 27.1 Å². The fourth-order valence-electron chi connectivity index (χ4n) is 3.83. The van der Waals surface area contributed by atoms with Gasteiger partial charge in [0.25, 0.3) is 5.91 Å². The van der Waals surface area contributed by atoms with E-state index in [1.807, 2.05) is 4.90 Å². The fraction of sp³-hybridized carbons (Fsp3) is 0.409. The van der Waals surface area contributed by atoms with Gasteiger partial charge in [0.15, 0.2) is 0 Å². The standard InChI is InChI=1S/C22H26FN5O5S/c23-18-3-1-2-17(14-18)22(30)25-16-21(29)27-8-6-26(7-9-27)20-5-4-19(15-24-20)34(31,32)28-10-12-33-13-11-28/h1-5,14-15H,6-13,16H2,(H,25,30). The molecule has 0 unspecified atom stereocenters. The molecule has 1 aromatic heterocycles. The number of morpholine rings is 1. The Balaban J connectivity index is 1.28. The van der Waals surface area contributed by atoms with Crippen LogP contribution in [0.15, 0.2) is 47.5 Å². The van der Waals surface area contributed by atoms with Crippen LogP contribution in [0.3, 0.4) is 0 Å². The van der Waals surface area contributed by atoms with Crippen molar-refractivity contribution in [3.05, 3.63) is 54.0 Å². The monoisotopic (exact) mass is 491 g/mol. The van der Waals surface area contributed by atoms with Crippen molar-refractivity contribution in [1.29, 1.82) is 0 Å². The van der Waals surface area contributed by atoms with E-state index in [-0.39, 0.29) is 22.9 Å². The number of nitrogens with one attached hydrogen (secondary N) is 1. The maximum atomic E-state index is 13.3. The molecule has 0 radical (unpaired) electrons. The number of aromatic nitrogens is 1. The highest BCUT2D eigenvalue weighted by Crippen LogP contribution is 2.20. The molecule has 1 aromatic carbocycles. The van der Waals surface area contributed by atoms with Crippen LogP contribution in [0.5, 0.6) is 0 Å². The second-order valence-corrected chi connectivity index (χ2v) is 9.87. The third-order valence-electron chi connectivity index (χ3n) is 5.77. The Morgan fingerprint density at radius 2 is 1.76 bits per heavy atom. The molecule has 4 rings (SSSR count). The van der Waals surface area contributed by atoms with E-state index in [9.17, 15) is 22.4 Å². The summed E-state index contributed by atoms with van der Waals surface area (Å²) in [6.07, 6.45) is 1.36. The predicted octanol–water partition coefficient (Wildman–Crippen LogP) is 0.320. The van der Waals surface area contributed by atoms with Gasteiger partial charge < -0.3 is 19.9 Å². The molecule has 2 saturated heterocycles. The van der Waals surface area contributed by atoms with Crippen molar-refractivity contribution >= 4 is 27.7 Å². The number of halogens is 1. The molecule has 1 N–H and O–H groups in total. The van der Waals surface area contributed by atoms with E-state index < -0.39 is 21.7 Å². The van der Waals surface area contributed by atoms with Crippen LogP contribution >= 0.6 is 0 Å². The summed E-state index contributed by atoms with van der Waals surface area (Å²) in [5.41, 5.74) is 0.155. The Bertz CT molecular complexity index is 1130. The molecule has 3 heterocycles. The molecule has 0 spiro atoms. The summed E-state index contributed by atoms with van der Waals surface area (Å²) in [4.78, 5) is 32.7. The van der Waals surface area contributed by atoms with Gasteiger partial charge in [-0.1, -0.05) is 6.07 Å². The van der Waals surface area contributed by atoms with Gasteiger partial charge in [-0.15, -0.1) is 0 Å². The van der Waals surface area contributed by atoms with E-state index in [0.29, 0.717) is 58.3 Å². The zero-order valence-corrected chi connectivity index (χ0v) is 19.3. The summed E-state index contributed by atoms with van der Waals surface area (Å²) in [7, 11) is -3.60. The van der Waals surface area contributed by atoms with E-state index in [4.69, 9.17) is 4.74 Å². The van der Waals surface area contributed by atoms with Crippen molar-refractivity contribution in [2.45, 2.75) is 4.90 Å². The summed E-state index contributed by atoms with van der Waals surface area (Å²) < 4.78 is 45.3. The first kappa shape index (κ1) is 24.0. The van der Waals surface area contributed by atoms with Gasteiger partial charge in [-0.25, -0.2) is 17.8 Å². The summed E-state index contributed by atoms with van der Waals surface area (Å²) in [6, 6.07) is 8.49. The number of pyridine rings is 1. The van der Waals surface area contributed by atoms with Gasteiger partial charge in [-0.3, -0.25) is 9.59 Å². The van der Waals surface area contributed by atoms with E-state index in [1.54, 1.807) is 17.0 Å². The number of amides is 2. The highest BCUT2D eigenvalue weighted by Gasteiger charge is 2.27. The summed E-state index contributed by atoms with van der Waals surface area (Å²) in [6.45, 7) is 3.13. The number of anilines is 1. The van der Waals surface area contributed by atoms with Gasteiger partial charge in [0.1, 0.15) is 16.5 Å². The molecule has 34 heavy (non-hydrogen) atoms. The number of ether oxygens (including phenoxy) is 1. The lowest BCUT2D eigenvalue weighted by Crippen LogP contribution is -2.51. The zero-order chi connectivity index (χ0) is 24.1. The van der Waals surface area contributed by atoms with Crippen LogP contribution < -0.4 is 10.2 Å². The number of hydrogen-bond acceptors (Lipinski definition) is 7. The summed E-state index contributed by atoms with van der Waals surface area (Å²) >= 11 is 0. The third kappa shape index (κ3) is 5.51. The van der Waals surface area contributed by atoms with Gasteiger partial charge >= 0.3 is 0 Å². The number of piperazine rings is 1. The number of rotatable bonds is 6. The Hall–Kier alpha value is -3.09. The minimum atomic E-state index is -3.60. The van der Waals surface area contributed by atoms with Crippen molar-refractivity contribution in [3.63, 3.8) is 0 Å². The zero-order valence-electron chi connectivity index (χ0n) is 18.5. The molecule has 0 saturated carbocycles. The quantitative estimate of drug-likeness (QED) is 0.619. The smallest absolute Gasteiger partial charge is 0.251 e. The van der Waals surface area contributed by atoms with Gasteiger partial charge in [0.05, 0.1) is 19.8 Å². The largest absolute Gasteiger partial charge is 0.379 e. The number of hydrogen-bond donors (Lipinski definition) is 1. The van der Waals surface area contributed by atoms with Gasteiger partial charge in [-0.05, 0) is 30.3 Å². The number of carbonyl (C=O) groups is 2. The molecule has 2 aliphatic heterocycles. The van der Waals surface area contributed by atoms with E-state index in [0.717, 1.165) is 6.07 Å². The second kappa shape index (κ2) is 10.5. The van der Waals surface area contributed by atoms with Crippen LogP contribution in [-0.4, -0.2) is 93.4 Å². The Kier molecular flexibility index (Phi) is 7.39. The van der Waals surface area contributed by atoms with Crippen LogP contribution in [0.1, 0.15) is 10.4 Å². The molecule has 2 fully saturated rings. The summed E-state index contributed by atoms with van der Waals surface area (Å²) in [5, 5.41) is 2.52. The van der Waals surface area contributed by atoms with Crippen LogP contribution in [0.2, 0.25) is 0 Å². The minimum Gasteiger partial charge on any atom is -0.379 e. The van der Waals surface area contributed by atoms with E-state index >= 15 is 0 Å². The second-order valence-electron chi connectivity index (χ2n) is 7.93. The van der Waals surface area contributed by atoms with Crippen LogP contribution in [0, 0.1) is 5.82 Å². The maximum absolute atomic E-state index is 13.3. The number of carbonyl (C=O) groups excluding carboxylic acids is 2. The molecule has 182 valence electrons. The normalized spacial score (nSPS) is 17.4. The maximum Gasteiger partial charge on any atom is 0.251 e. The van der Waals surface area contributed by atoms with Crippen molar-refractivity contribution in [2.24, 2.45) is 0 Å². The first-order chi connectivity index (χ1) is 16.3. The van der Waals surface area contributed by atoms with Crippen molar-refractivity contribution in [3.8, 4) is 0 Å². The Morgan fingerprint density at radius 3 is 2.41 bits per heavy atom. The van der Waals surface area contributed by atoms with Crippen LogP contribution in [0.25, 0.3) is 0 Å². The fourth-order valence-corrected chi connectivity index (χ4v) is 5.19. The molecule has 0 atom stereocenters. The SMILES string of the molecule is O=C(NCC(=O)N1CCN(c2ccc(S(=O)(=O)N3CCOCC3)cn2)CC1)c1cccc(F)c1. The van der Waals surface area contributed by atoms with Crippen LogP contribution in [-0.2, 0) is 19.6 Å². The van der Waals surface area contributed by atoms with Gasteiger partial charge in [0.2, 0.25) is 15.9 Å². The first-order valence-corrected chi connectivity index (χ1v) is 12.4. The lowest BCUT2D eigenvalue weighted by molar-refractivity contribution is -0.130. The average molecular weight is 492 g/mol. The van der Waals surface area contributed by atoms with E-state index in [2.05, 4.69) is 10.3 Å². The topological polar surface area (TPSA) is 112 Å². The molecule has 10 nitrogen and oxygen atoms in total. The molecule has 2 aliphatic rings. The number of nitrogens with zero attached hydrogens (tertiary/aromatic N) is 4. The first-order valence-electron chi connectivity index (χ1n) is 10.9. The van der Waals surface area contributed by atoms with Crippen LogP contribution in [0.4, 0.5) is 10.2 Å². The lowest BCUT2D eigenvalue weighted by Gasteiger charge is -2.35. The molecular formula is C22H26FN5O5S. The number of benzene rings is 1. The molecule has 0 bridgehead atoms. The van der Waals surface area contributed by atoms with Gasteiger partial charge in [0, 0.05) is 51.0 Å². The molecule has 12 heteroatoms. The minimum absolute atomic E-state index is 0.140. The Morgan fingerprint density at radius 1 is 1.03 bits per heavy atom. The third-order valence-corrected chi connectivity index (χ3v) is 7.65. The van der Waals surface area contributed by atoms with Gasteiger partial charge in [-0.2, -0.15) is 4.31 Å². The molecular weight excluding hydrogens is 465 g/mol. The van der Waals surface area contributed by atoms with E-state index in [1.165, 1.54) is 28.7 Å². The Labute approximate surface area is 197 Å². The number of sulfonamides is 1. The molecule has 0 aliphatic carbocycles. The molecule has 2 aromatic rings. The van der Waals surface area contributed by atoms with Crippen molar-refractivity contribution in [2.75, 3.05) is 63.9 Å². The highest BCUT2D eigenvalue weighted by molar-refractivity contribution is 7.89. The molecule has 2 amide bonds. The summed E-state index contributed by atoms with van der Waals surface area (Å²) in [5.74, 6) is -0.630. The highest BCUT2D eigenvalue weighted by atomic mass is 32.2. The average Bonchev–Trinajstić information content (AvgIpc) is 2.88. The van der Waals surface area contributed by atoms with Crippen molar-refractivity contribution in [1.82, 2.24) is 19.5 Å². The predicted molar refractivity (Wildman–Crippen MR) is 121 cm³/mol.